The van der Waals surface area contributed by atoms with Gasteiger partial charge in [0.15, 0.2) is 0 Å². The van der Waals surface area contributed by atoms with E-state index in [0.717, 1.165) is 70.4 Å². The molecule has 6 aromatic rings. The number of rotatable bonds is 12. The molecule has 0 saturated carbocycles. The third-order valence-electron chi connectivity index (χ3n) is 11.8. The molecule has 2 aliphatic rings. The number of aromatic amines is 2. The van der Waals surface area contributed by atoms with E-state index in [2.05, 4.69) is 31.7 Å². The van der Waals surface area contributed by atoms with Gasteiger partial charge in [0.2, 0.25) is 5.91 Å². The van der Waals surface area contributed by atoms with E-state index in [9.17, 15) is 19.2 Å². The molecule has 8 rings (SSSR count). The Labute approximate surface area is 358 Å². The van der Waals surface area contributed by atoms with Crippen molar-refractivity contribution in [2.75, 3.05) is 34.4 Å². The van der Waals surface area contributed by atoms with E-state index in [4.69, 9.17) is 24.2 Å². The van der Waals surface area contributed by atoms with Gasteiger partial charge in [0.05, 0.1) is 67.4 Å². The fourth-order valence-corrected chi connectivity index (χ4v) is 8.37. The average Bonchev–Trinajstić information content (AvgIpc) is 4.17. The van der Waals surface area contributed by atoms with Gasteiger partial charge in [-0.25, -0.2) is 24.5 Å². The number of pyridine rings is 1. The Morgan fingerprint density at radius 2 is 1.27 bits per heavy atom. The fourth-order valence-electron chi connectivity index (χ4n) is 8.37. The van der Waals surface area contributed by atoms with E-state index in [1.807, 2.05) is 78.9 Å². The van der Waals surface area contributed by atoms with Crippen LogP contribution in [0.2, 0.25) is 0 Å². The van der Waals surface area contributed by atoms with Crippen molar-refractivity contribution in [3.8, 4) is 33.8 Å². The highest BCUT2D eigenvalue weighted by atomic mass is 16.5. The highest BCUT2D eigenvalue weighted by Crippen LogP contribution is 2.36. The van der Waals surface area contributed by atoms with Gasteiger partial charge in [-0.05, 0) is 61.9 Å². The van der Waals surface area contributed by atoms with E-state index in [0.29, 0.717) is 30.3 Å². The number of aromatic nitrogens is 5. The normalized spacial score (nSPS) is 17.7. The highest BCUT2D eigenvalue weighted by molar-refractivity contribution is 5.89. The van der Waals surface area contributed by atoms with E-state index in [1.165, 1.54) is 21.3 Å². The SMILES string of the molecule is COC(=O)N[C@H](C(=O)N1CCC[C@H]1c1ncc(-c2ccc3nc(-c4ccc(-c5cnc([C@@H]6CCCN6C(=O)[C@H](NC(=O)OC)c6ccccc6)[nH]5)cc4)ccc3c2)[nH]1)[C@@H](C)OC. The summed E-state index contributed by atoms with van der Waals surface area (Å²) in [6.45, 7) is 2.81. The zero-order valence-electron chi connectivity index (χ0n) is 35.0. The number of nitrogens with zero attached hydrogens (tertiary/aromatic N) is 5. The summed E-state index contributed by atoms with van der Waals surface area (Å²) in [5, 5.41) is 6.29. The number of fused-ring (bicyclic) bond motifs is 1. The molecule has 0 bridgehead atoms. The summed E-state index contributed by atoms with van der Waals surface area (Å²) >= 11 is 0. The first kappa shape index (κ1) is 41.7. The van der Waals surface area contributed by atoms with Crippen molar-refractivity contribution >= 4 is 34.9 Å². The Morgan fingerprint density at radius 3 is 1.90 bits per heavy atom. The topological polar surface area (TPSA) is 197 Å². The molecular weight excluding hydrogens is 791 g/mol. The Bertz CT molecular complexity index is 2560. The van der Waals surface area contributed by atoms with Crippen molar-refractivity contribution in [1.29, 1.82) is 0 Å². The van der Waals surface area contributed by atoms with Crippen molar-refractivity contribution in [2.24, 2.45) is 0 Å². The molecule has 5 atom stereocenters. The number of alkyl carbamates (subject to hydrolysis) is 2. The summed E-state index contributed by atoms with van der Waals surface area (Å²) in [5.41, 5.74) is 6.81. The molecule has 16 heteroatoms. The molecule has 320 valence electrons. The van der Waals surface area contributed by atoms with Crippen molar-refractivity contribution in [3.63, 3.8) is 0 Å². The molecule has 16 nitrogen and oxygen atoms in total. The van der Waals surface area contributed by atoms with Crippen molar-refractivity contribution in [3.05, 3.63) is 115 Å². The molecule has 5 heterocycles. The first-order chi connectivity index (χ1) is 30.1. The molecule has 3 aromatic carbocycles. The van der Waals surface area contributed by atoms with E-state index in [-0.39, 0.29) is 23.9 Å². The molecule has 2 aliphatic heterocycles. The average molecular weight is 840 g/mol. The van der Waals surface area contributed by atoms with Crippen LogP contribution in [0.15, 0.2) is 97.3 Å². The molecule has 0 radical (unpaired) electrons. The minimum absolute atomic E-state index is 0.221. The number of hydrogen-bond donors (Lipinski definition) is 4. The summed E-state index contributed by atoms with van der Waals surface area (Å²) in [4.78, 5) is 76.6. The molecule has 0 unspecified atom stereocenters. The lowest BCUT2D eigenvalue weighted by molar-refractivity contribution is -0.137. The number of imidazole rings is 2. The van der Waals surface area contributed by atoms with Crippen LogP contribution in [0.1, 0.15) is 67.9 Å². The first-order valence-electron chi connectivity index (χ1n) is 20.6. The lowest BCUT2D eigenvalue weighted by Gasteiger charge is -2.30. The van der Waals surface area contributed by atoms with Crippen LogP contribution in [0.5, 0.6) is 0 Å². The number of hydrogen-bond acceptors (Lipinski definition) is 10. The number of likely N-dealkylation sites (tertiary alicyclic amines) is 2. The third kappa shape index (κ3) is 8.59. The molecule has 4 N–H and O–H groups in total. The molecule has 0 spiro atoms. The van der Waals surface area contributed by atoms with Crippen LogP contribution in [-0.2, 0) is 23.8 Å². The Balaban J connectivity index is 0.942. The second-order valence-corrected chi connectivity index (χ2v) is 15.5. The Morgan fingerprint density at radius 1 is 0.694 bits per heavy atom. The first-order valence-corrected chi connectivity index (χ1v) is 20.6. The van der Waals surface area contributed by atoms with Crippen LogP contribution in [0.4, 0.5) is 9.59 Å². The van der Waals surface area contributed by atoms with Crippen LogP contribution < -0.4 is 10.6 Å². The zero-order valence-corrected chi connectivity index (χ0v) is 35.0. The quantitative estimate of drug-likeness (QED) is 0.101. The van der Waals surface area contributed by atoms with Crippen molar-refractivity contribution in [1.82, 2.24) is 45.4 Å². The molecule has 0 aliphatic carbocycles. The summed E-state index contributed by atoms with van der Waals surface area (Å²) < 4.78 is 15.0. The van der Waals surface area contributed by atoms with Gasteiger partial charge >= 0.3 is 12.2 Å². The largest absolute Gasteiger partial charge is 0.453 e. The minimum Gasteiger partial charge on any atom is -0.453 e. The lowest BCUT2D eigenvalue weighted by atomic mass is 10.0. The van der Waals surface area contributed by atoms with Crippen LogP contribution in [-0.4, -0.2) is 105 Å². The Kier molecular flexibility index (Phi) is 12.3. The predicted molar refractivity (Wildman–Crippen MR) is 230 cm³/mol. The minimum atomic E-state index is -0.906. The maximum absolute atomic E-state index is 13.9. The second-order valence-electron chi connectivity index (χ2n) is 15.5. The summed E-state index contributed by atoms with van der Waals surface area (Å²) in [6, 6.07) is 25.0. The molecule has 62 heavy (non-hydrogen) atoms. The molecular formula is C46H49N9O7. The van der Waals surface area contributed by atoms with E-state index < -0.39 is 30.4 Å². The van der Waals surface area contributed by atoms with Gasteiger partial charge in [-0.1, -0.05) is 66.7 Å². The summed E-state index contributed by atoms with van der Waals surface area (Å²) in [7, 11) is 4.03. The fraction of sp³-hybridized carbons (Fsp3) is 0.326. The number of nitrogens with one attached hydrogen (secondary N) is 4. The zero-order chi connectivity index (χ0) is 43.3. The van der Waals surface area contributed by atoms with Crippen LogP contribution in [0, 0.1) is 0 Å². The van der Waals surface area contributed by atoms with Gasteiger partial charge in [0, 0.05) is 36.7 Å². The number of carbonyl (C=O) groups is 4. The van der Waals surface area contributed by atoms with E-state index in [1.54, 1.807) is 29.1 Å². The predicted octanol–water partition coefficient (Wildman–Crippen LogP) is 6.87. The number of carbonyl (C=O) groups excluding carboxylic acids is 4. The maximum Gasteiger partial charge on any atom is 0.407 e. The number of H-pyrrole nitrogens is 2. The second kappa shape index (κ2) is 18.3. The standard InChI is InChI=1S/C46H49N9O7/c1-27(60-2)39(52-45(58)61-3)43(56)54-22-8-12-37(54)42-48-26-36(51-42)32-19-21-34-31(24-32)18-20-33(49-34)28-14-16-29(17-15-28)35-25-47-41(50-35)38-13-9-23-55(38)44(57)40(53-46(59)62-4)30-10-6-5-7-11-30/h5-7,10-11,14-21,24-27,37-40H,8-9,12-13,22-23H2,1-4H3,(H,47,50)(H,48,51)(H,52,58)(H,53,59)/t27-,37+,38+,39+,40-/m1/s1. The van der Waals surface area contributed by atoms with Crippen molar-refractivity contribution < 1.29 is 33.4 Å². The highest BCUT2D eigenvalue weighted by Gasteiger charge is 2.39. The van der Waals surface area contributed by atoms with Gasteiger partial charge in [-0.2, -0.15) is 0 Å². The van der Waals surface area contributed by atoms with Gasteiger partial charge in [0.1, 0.15) is 23.7 Å². The molecule has 2 fully saturated rings. The van der Waals surface area contributed by atoms with Crippen LogP contribution in [0.25, 0.3) is 44.7 Å². The third-order valence-corrected chi connectivity index (χ3v) is 11.8. The van der Waals surface area contributed by atoms with Gasteiger partial charge < -0.3 is 44.6 Å². The number of benzene rings is 3. The van der Waals surface area contributed by atoms with Gasteiger partial charge in [-0.15, -0.1) is 0 Å². The number of ether oxygens (including phenoxy) is 3. The Hall–Kier alpha value is -7.07. The number of methoxy groups -OCH3 is 3. The lowest BCUT2D eigenvalue weighted by Crippen LogP contribution is -2.54. The molecule has 2 saturated heterocycles. The monoisotopic (exact) mass is 839 g/mol. The molecule has 3 aromatic heterocycles. The number of amides is 4. The van der Waals surface area contributed by atoms with Crippen LogP contribution in [0.3, 0.4) is 0 Å². The van der Waals surface area contributed by atoms with Gasteiger partial charge in [0.25, 0.3) is 5.91 Å². The smallest absolute Gasteiger partial charge is 0.407 e. The summed E-state index contributed by atoms with van der Waals surface area (Å²) in [6.07, 6.45) is 4.71. The molecule has 4 amide bonds. The van der Waals surface area contributed by atoms with Gasteiger partial charge in [-0.3, -0.25) is 9.59 Å². The van der Waals surface area contributed by atoms with Crippen LogP contribution >= 0.6 is 0 Å². The van der Waals surface area contributed by atoms with Crippen molar-refractivity contribution in [2.45, 2.75) is 62.9 Å². The van der Waals surface area contributed by atoms with E-state index >= 15 is 0 Å². The summed E-state index contributed by atoms with van der Waals surface area (Å²) in [5.74, 6) is 0.887. The maximum atomic E-state index is 13.9.